The maximum absolute atomic E-state index is 11.6. The van der Waals surface area contributed by atoms with Gasteiger partial charge in [0.15, 0.2) is 10.4 Å². The lowest BCUT2D eigenvalue weighted by molar-refractivity contribution is -0.123. The maximum atomic E-state index is 11.6. The van der Waals surface area contributed by atoms with Gasteiger partial charge in [0.05, 0.1) is 5.75 Å². The lowest BCUT2D eigenvalue weighted by Gasteiger charge is -2.14. The first-order valence-electron chi connectivity index (χ1n) is 5.08. The van der Waals surface area contributed by atoms with Gasteiger partial charge in [-0.15, -0.1) is 0 Å². The number of carbonyl (C=O) groups excluding carboxylic acids is 2. The molecule has 1 N–H and O–H groups in total. The van der Waals surface area contributed by atoms with E-state index in [4.69, 9.17) is 16.6 Å². The number of thioether (sulfide) groups is 1. The molecule has 0 atom stereocenters. The van der Waals surface area contributed by atoms with Gasteiger partial charge in [-0.2, -0.15) is 0 Å². The summed E-state index contributed by atoms with van der Waals surface area (Å²) in [6.45, 7) is 0.724. The molecule has 0 bridgehead atoms. The van der Waals surface area contributed by atoms with E-state index in [0.717, 1.165) is 0 Å². The van der Waals surface area contributed by atoms with E-state index >= 15 is 0 Å². The molecule has 18 heavy (non-hydrogen) atoms. The van der Waals surface area contributed by atoms with Crippen LogP contribution in [0.5, 0.6) is 0 Å². The second-order valence-corrected chi connectivity index (χ2v) is 5.85. The molecular weight excluding hydrogens is 340 g/mol. The Hall–Kier alpha value is -0.860. The third kappa shape index (κ3) is 3.12. The number of amides is 2. The van der Waals surface area contributed by atoms with Gasteiger partial charge >= 0.3 is 0 Å². The summed E-state index contributed by atoms with van der Waals surface area (Å²) in [6, 6.07) is 3.21. The van der Waals surface area contributed by atoms with Gasteiger partial charge in [-0.3, -0.25) is 14.5 Å². The minimum atomic E-state index is -0.314. The topological polar surface area (TPSA) is 62.6 Å². The highest BCUT2D eigenvalue weighted by molar-refractivity contribution is 9.10. The molecule has 0 saturated carbocycles. The lowest BCUT2D eigenvalue weighted by Crippen LogP contribution is -2.37. The first kappa shape index (κ1) is 13.6. The molecule has 1 aliphatic heterocycles. The van der Waals surface area contributed by atoms with Crippen LogP contribution in [0.25, 0.3) is 0 Å². The smallest absolute Gasteiger partial charge is 0.287 e. The number of rotatable bonds is 4. The van der Waals surface area contributed by atoms with Crippen LogP contribution in [0.3, 0.4) is 0 Å². The third-order valence-electron chi connectivity index (χ3n) is 2.26. The lowest BCUT2D eigenvalue weighted by atomic mass is 10.4. The van der Waals surface area contributed by atoms with Gasteiger partial charge in [0, 0.05) is 13.1 Å². The van der Waals surface area contributed by atoms with Crippen LogP contribution in [0.2, 0.25) is 0 Å². The molecule has 0 aromatic carbocycles. The molecule has 0 aliphatic carbocycles. The van der Waals surface area contributed by atoms with Gasteiger partial charge in [0.25, 0.3) is 5.91 Å². The number of furan rings is 1. The molecule has 1 saturated heterocycles. The molecule has 8 heteroatoms. The summed E-state index contributed by atoms with van der Waals surface area (Å²) in [5.74, 6) is 0.287. The highest BCUT2D eigenvalue weighted by atomic mass is 79.9. The second kappa shape index (κ2) is 5.85. The normalized spacial score (nSPS) is 15.3. The van der Waals surface area contributed by atoms with E-state index in [2.05, 4.69) is 21.2 Å². The SMILES string of the molecule is O=C(NCCN1C(=O)CSC1=S)c1ccc(Br)o1. The number of halogens is 1. The van der Waals surface area contributed by atoms with E-state index in [1.54, 1.807) is 12.1 Å². The summed E-state index contributed by atoms with van der Waals surface area (Å²) in [7, 11) is 0. The first-order chi connectivity index (χ1) is 8.58. The first-order valence-corrected chi connectivity index (χ1v) is 7.27. The van der Waals surface area contributed by atoms with E-state index in [-0.39, 0.29) is 17.6 Å². The monoisotopic (exact) mass is 348 g/mol. The zero-order chi connectivity index (χ0) is 13.1. The molecule has 2 amide bonds. The Kier molecular flexibility index (Phi) is 4.41. The van der Waals surface area contributed by atoms with Crippen molar-refractivity contribution in [3.8, 4) is 0 Å². The summed E-state index contributed by atoms with van der Waals surface area (Å²) in [5, 5.41) is 2.66. The van der Waals surface area contributed by atoms with Crippen LogP contribution >= 0.6 is 39.9 Å². The number of carbonyl (C=O) groups is 2. The van der Waals surface area contributed by atoms with Gasteiger partial charge in [-0.1, -0.05) is 24.0 Å². The quantitative estimate of drug-likeness (QED) is 0.838. The Morgan fingerprint density at radius 2 is 2.39 bits per heavy atom. The van der Waals surface area contributed by atoms with Crippen molar-refractivity contribution in [2.75, 3.05) is 18.8 Å². The van der Waals surface area contributed by atoms with Crippen LogP contribution in [-0.4, -0.2) is 39.9 Å². The van der Waals surface area contributed by atoms with Gasteiger partial charge < -0.3 is 9.73 Å². The molecule has 2 rings (SSSR count). The molecule has 96 valence electrons. The van der Waals surface area contributed by atoms with Gasteiger partial charge in [0.2, 0.25) is 5.91 Å². The molecule has 0 radical (unpaired) electrons. The Bertz CT molecular complexity index is 487. The van der Waals surface area contributed by atoms with Crippen molar-refractivity contribution in [3.05, 3.63) is 22.6 Å². The highest BCUT2D eigenvalue weighted by Crippen LogP contribution is 2.18. The molecule has 1 aromatic rings. The van der Waals surface area contributed by atoms with Crippen molar-refractivity contribution in [2.45, 2.75) is 0 Å². The van der Waals surface area contributed by atoms with Gasteiger partial charge in [-0.25, -0.2) is 0 Å². The molecule has 1 fully saturated rings. The van der Waals surface area contributed by atoms with Crippen molar-refractivity contribution < 1.29 is 14.0 Å². The number of hydrogen-bond donors (Lipinski definition) is 1. The Balaban J connectivity index is 1.80. The summed E-state index contributed by atoms with van der Waals surface area (Å²) >= 11 is 9.49. The van der Waals surface area contributed by atoms with Crippen molar-refractivity contribution in [2.24, 2.45) is 0 Å². The van der Waals surface area contributed by atoms with E-state index in [0.29, 0.717) is 27.8 Å². The average Bonchev–Trinajstić information content (AvgIpc) is 2.89. The largest absolute Gasteiger partial charge is 0.444 e. The van der Waals surface area contributed by atoms with E-state index in [1.165, 1.54) is 16.7 Å². The van der Waals surface area contributed by atoms with Crippen LogP contribution in [0, 0.1) is 0 Å². The molecular formula is C10H9BrN2O3S2. The maximum Gasteiger partial charge on any atom is 0.287 e. The van der Waals surface area contributed by atoms with Crippen molar-refractivity contribution in [3.63, 3.8) is 0 Å². The molecule has 2 heterocycles. The molecule has 1 aromatic heterocycles. The summed E-state index contributed by atoms with van der Waals surface area (Å²) in [5.41, 5.74) is 0. The van der Waals surface area contributed by atoms with Crippen LogP contribution < -0.4 is 5.32 Å². The zero-order valence-electron chi connectivity index (χ0n) is 9.14. The predicted octanol–water partition coefficient (Wildman–Crippen LogP) is 1.63. The van der Waals surface area contributed by atoms with E-state index in [9.17, 15) is 9.59 Å². The minimum Gasteiger partial charge on any atom is -0.444 e. The third-order valence-corrected chi connectivity index (χ3v) is 4.12. The number of hydrogen-bond acceptors (Lipinski definition) is 5. The fraction of sp³-hybridized carbons (Fsp3) is 0.300. The molecule has 1 aliphatic rings. The van der Waals surface area contributed by atoms with Crippen molar-refractivity contribution in [1.82, 2.24) is 10.2 Å². The molecule has 5 nitrogen and oxygen atoms in total. The summed E-state index contributed by atoms with van der Waals surface area (Å²) < 4.78 is 6.17. The fourth-order valence-corrected chi connectivity index (χ4v) is 2.83. The molecule has 0 spiro atoms. The Morgan fingerprint density at radius 3 is 2.94 bits per heavy atom. The number of nitrogens with one attached hydrogen (secondary N) is 1. The van der Waals surface area contributed by atoms with Crippen LogP contribution in [0.15, 0.2) is 21.2 Å². The summed E-state index contributed by atoms with van der Waals surface area (Å²) in [6.07, 6.45) is 0. The minimum absolute atomic E-state index is 0.0139. The van der Waals surface area contributed by atoms with Gasteiger partial charge in [0.1, 0.15) is 4.32 Å². The van der Waals surface area contributed by atoms with E-state index in [1.807, 2.05) is 0 Å². The number of thiocarbonyl (C=S) groups is 1. The van der Waals surface area contributed by atoms with Crippen LogP contribution in [-0.2, 0) is 4.79 Å². The second-order valence-electron chi connectivity index (χ2n) is 3.46. The summed E-state index contributed by atoms with van der Waals surface area (Å²) in [4.78, 5) is 24.5. The van der Waals surface area contributed by atoms with Crippen LogP contribution in [0.1, 0.15) is 10.6 Å². The van der Waals surface area contributed by atoms with Gasteiger partial charge in [-0.05, 0) is 28.1 Å². The highest BCUT2D eigenvalue weighted by Gasteiger charge is 2.26. The average molecular weight is 349 g/mol. The Labute approximate surface area is 121 Å². The fourth-order valence-electron chi connectivity index (χ4n) is 1.40. The molecule has 0 unspecified atom stereocenters. The standard InChI is InChI=1S/C10H9BrN2O3S2/c11-7-2-1-6(16-7)9(15)12-3-4-13-8(14)5-18-10(13)17/h1-2H,3-5H2,(H,12,15). The van der Waals surface area contributed by atoms with Crippen LogP contribution in [0.4, 0.5) is 0 Å². The zero-order valence-corrected chi connectivity index (χ0v) is 12.4. The Morgan fingerprint density at radius 1 is 1.61 bits per heavy atom. The van der Waals surface area contributed by atoms with E-state index < -0.39 is 0 Å². The van der Waals surface area contributed by atoms with Crippen molar-refractivity contribution >= 4 is 56.0 Å². The number of nitrogens with zero attached hydrogens (tertiary/aromatic N) is 1. The van der Waals surface area contributed by atoms with Crippen molar-refractivity contribution in [1.29, 1.82) is 0 Å². The predicted molar refractivity (Wildman–Crippen MR) is 75.5 cm³/mol.